The summed E-state index contributed by atoms with van der Waals surface area (Å²) in [4.78, 5) is 11.9. The summed E-state index contributed by atoms with van der Waals surface area (Å²) in [6, 6.07) is 15.1. The Morgan fingerprint density at radius 3 is 2.77 bits per heavy atom. The molecular weight excluding hydrogens is 276 g/mol. The van der Waals surface area contributed by atoms with Crippen LogP contribution >= 0.6 is 0 Å². The van der Waals surface area contributed by atoms with Gasteiger partial charge in [0, 0.05) is 6.20 Å². The molecule has 2 N–H and O–H groups in total. The van der Waals surface area contributed by atoms with Gasteiger partial charge in [0.2, 0.25) is 0 Å². The summed E-state index contributed by atoms with van der Waals surface area (Å²) >= 11 is 0. The number of anilines is 1. The van der Waals surface area contributed by atoms with E-state index in [2.05, 4.69) is 10.6 Å². The van der Waals surface area contributed by atoms with Gasteiger partial charge in [-0.1, -0.05) is 42.0 Å². The fourth-order valence-corrected chi connectivity index (χ4v) is 2.00. The Balaban J connectivity index is 1.93. The minimum Gasteiger partial charge on any atom is -0.492 e. The van der Waals surface area contributed by atoms with Gasteiger partial charge in [0.1, 0.15) is 5.75 Å². The summed E-state index contributed by atoms with van der Waals surface area (Å²) in [5.74, 6) is 0.655. The Morgan fingerprint density at radius 2 is 2.00 bits per heavy atom. The van der Waals surface area contributed by atoms with Crippen LogP contribution in [0, 0.1) is 6.92 Å². The van der Waals surface area contributed by atoms with Gasteiger partial charge in [-0.25, -0.2) is 4.79 Å². The Hall–Kier alpha value is -2.75. The first-order valence-electron chi connectivity index (χ1n) is 7.21. The molecule has 0 radical (unpaired) electrons. The number of amides is 2. The quantitative estimate of drug-likeness (QED) is 0.869. The summed E-state index contributed by atoms with van der Waals surface area (Å²) in [6.07, 6.45) is 3.47. The molecular formula is C18H20N2O2. The van der Waals surface area contributed by atoms with Crippen LogP contribution < -0.4 is 15.4 Å². The summed E-state index contributed by atoms with van der Waals surface area (Å²) < 4.78 is 5.46. The van der Waals surface area contributed by atoms with Crippen LogP contribution in [0.3, 0.4) is 0 Å². The molecule has 0 heterocycles. The van der Waals surface area contributed by atoms with Crippen molar-refractivity contribution in [2.75, 3.05) is 11.9 Å². The van der Waals surface area contributed by atoms with Crippen molar-refractivity contribution in [3.05, 3.63) is 65.9 Å². The third-order valence-electron chi connectivity index (χ3n) is 2.97. The molecule has 0 saturated heterocycles. The molecule has 114 valence electrons. The number of nitrogens with one attached hydrogen (secondary N) is 2. The molecule has 2 aromatic rings. The monoisotopic (exact) mass is 296 g/mol. The van der Waals surface area contributed by atoms with Gasteiger partial charge in [0.05, 0.1) is 12.3 Å². The number of hydrogen-bond acceptors (Lipinski definition) is 2. The van der Waals surface area contributed by atoms with E-state index in [-0.39, 0.29) is 6.03 Å². The fourth-order valence-electron chi connectivity index (χ4n) is 2.00. The molecule has 4 heteroatoms. The molecule has 0 unspecified atom stereocenters. The van der Waals surface area contributed by atoms with Crippen LogP contribution in [0.15, 0.2) is 54.7 Å². The van der Waals surface area contributed by atoms with Crippen molar-refractivity contribution in [3.63, 3.8) is 0 Å². The second-order valence-corrected chi connectivity index (χ2v) is 4.78. The van der Waals surface area contributed by atoms with Crippen molar-refractivity contribution < 1.29 is 9.53 Å². The number of para-hydroxylation sites is 2. The zero-order valence-electron chi connectivity index (χ0n) is 12.8. The molecule has 2 rings (SSSR count). The van der Waals surface area contributed by atoms with Gasteiger partial charge in [0.15, 0.2) is 0 Å². The van der Waals surface area contributed by atoms with E-state index in [4.69, 9.17) is 4.74 Å². The van der Waals surface area contributed by atoms with Crippen LogP contribution in [0.2, 0.25) is 0 Å². The second-order valence-electron chi connectivity index (χ2n) is 4.78. The molecule has 0 aliphatic rings. The number of benzene rings is 2. The van der Waals surface area contributed by atoms with Crippen molar-refractivity contribution in [1.29, 1.82) is 0 Å². The summed E-state index contributed by atoms with van der Waals surface area (Å²) in [6.45, 7) is 4.48. The second kappa shape index (κ2) is 7.88. The summed E-state index contributed by atoms with van der Waals surface area (Å²) in [5.41, 5.74) is 2.86. The third-order valence-corrected chi connectivity index (χ3v) is 2.97. The molecule has 0 fully saturated rings. The van der Waals surface area contributed by atoms with Gasteiger partial charge in [0.25, 0.3) is 0 Å². The van der Waals surface area contributed by atoms with Crippen molar-refractivity contribution in [3.8, 4) is 5.75 Å². The maximum absolute atomic E-state index is 11.9. The van der Waals surface area contributed by atoms with Crippen molar-refractivity contribution in [1.82, 2.24) is 5.32 Å². The van der Waals surface area contributed by atoms with Gasteiger partial charge in [-0.15, -0.1) is 0 Å². The molecule has 0 saturated carbocycles. The van der Waals surface area contributed by atoms with Crippen LogP contribution in [-0.4, -0.2) is 12.6 Å². The Bertz CT molecular complexity index is 666. The van der Waals surface area contributed by atoms with Crippen molar-refractivity contribution in [2.24, 2.45) is 0 Å². The predicted molar refractivity (Wildman–Crippen MR) is 90.0 cm³/mol. The lowest BCUT2D eigenvalue weighted by Crippen LogP contribution is -2.24. The van der Waals surface area contributed by atoms with E-state index in [1.807, 2.05) is 62.4 Å². The van der Waals surface area contributed by atoms with Crippen LogP contribution in [0.1, 0.15) is 18.1 Å². The standard InChI is InChI=1S/C18H20N2O2/c1-3-22-17-10-5-4-9-16(17)20-18(21)19-12-11-15-8-6-7-14(2)13-15/h4-13H,3H2,1-2H3,(H2,19,20,21)/b12-11+. The number of ether oxygens (including phenoxy) is 1. The first-order chi connectivity index (χ1) is 10.7. The minimum atomic E-state index is -0.309. The number of urea groups is 1. The lowest BCUT2D eigenvalue weighted by Gasteiger charge is -2.10. The van der Waals surface area contributed by atoms with E-state index in [1.54, 1.807) is 12.3 Å². The lowest BCUT2D eigenvalue weighted by atomic mass is 10.1. The van der Waals surface area contributed by atoms with Crippen molar-refractivity contribution >= 4 is 17.8 Å². The highest BCUT2D eigenvalue weighted by Crippen LogP contribution is 2.23. The van der Waals surface area contributed by atoms with Gasteiger partial charge in [-0.3, -0.25) is 0 Å². The molecule has 0 aromatic heterocycles. The molecule has 0 bridgehead atoms. The molecule has 0 spiro atoms. The number of aryl methyl sites for hydroxylation is 1. The fraction of sp³-hybridized carbons (Fsp3) is 0.167. The average molecular weight is 296 g/mol. The lowest BCUT2D eigenvalue weighted by molar-refractivity contribution is 0.255. The van der Waals surface area contributed by atoms with Gasteiger partial charge in [-0.05, 0) is 37.6 Å². The Kier molecular flexibility index (Phi) is 5.60. The maximum atomic E-state index is 11.9. The Labute approximate surface area is 130 Å². The van der Waals surface area contributed by atoms with E-state index in [0.717, 1.165) is 5.56 Å². The third kappa shape index (κ3) is 4.66. The first-order valence-corrected chi connectivity index (χ1v) is 7.21. The Morgan fingerprint density at radius 1 is 1.18 bits per heavy atom. The van der Waals surface area contributed by atoms with Gasteiger partial charge < -0.3 is 15.4 Å². The van der Waals surface area contributed by atoms with Gasteiger partial charge >= 0.3 is 6.03 Å². The summed E-state index contributed by atoms with van der Waals surface area (Å²) in [5, 5.41) is 5.45. The minimum absolute atomic E-state index is 0.309. The molecule has 2 aromatic carbocycles. The highest BCUT2D eigenvalue weighted by Gasteiger charge is 2.05. The topological polar surface area (TPSA) is 50.4 Å². The van der Waals surface area contributed by atoms with E-state index in [1.165, 1.54) is 5.56 Å². The smallest absolute Gasteiger partial charge is 0.323 e. The zero-order valence-corrected chi connectivity index (χ0v) is 12.8. The molecule has 0 atom stereocenters. The van der Waals surface area contributed by atoms with Gasteiger partial charge in [-0.2, -0.15) is 0 Å². The van der Waals surface area contributed by atoms with Crippen LogP contribution in [0.5, 0.6) is 5.75 Å². The van der Waals surface area contributed by atoms with E-state index >= 15 is 0 Å². The number of rotatable bonds is 5. The average Bonchev–Trinajstić information content (AvgIpc) is 2.49. The number of carbonyl (C=O) groups excluding carboxylic acids is 1. The van der Waals surface area contributed by atoms with Crippen LogP contribution in [-0.2, 0) is 0 Å². The highest BCUT2D eigenvalue weighted by atomic mass is 16.5. The number of hydrogen-bond donors (Lipinski definition) is 2. The van der Waals surface area contributed by atoms with E-state index in [0.29, 0.717) is 18.0 Å². The van der Waals surface area contributed by atoms with Crippen molar-refractivity contribution in [2.45, 2.75) is 13.8 Å². The first kappa shape index (κ1) is 15.6. The molecule has 0 aliphatic heterocycles. The summed E-state index contributed by atoms with van der Waals surface area (Å²) in [7, 11) is 0. The SMILES string of the molecule is CCOc1ccccc1NC(=O)N/C=C/c1cccc(C)c1. The largest absolute Gasteiger partial charge is 0.492 e. The van der Waals surface area contributed by atoms with E-state index in [9.17, 15) is 4.79 Å². The molecule has 22 heavy (non-hydrogen) atoms. The molecule has 0 aliphatic carbocycles. The zero-order chi connectivity index (χ0) is 15.8. The predicted octanol–water partition coefficient (Wildman–Crippen LogP) is 4.19. The molecule has 4 nitrogen and oxygen atoms in total. The number of carbonyl (C=O) groups is 1. The van der Waals surface area contributed by atoms with Crippen LogP contribution in [0.25, 0.3) is 6.08 Å². The normalized spacial score (nSPS) is 10.5. The molecule has 2 amide bonds. The van der Waals surface area contributed by atoms with E-state index < -0.39 is 0 Å². The maximum Gasteiger partial charge on any atom is 0.323 e. The highest BCUT2D eigenvalue weighted by molar-refractivity contribution is 5.91. The van der Waals surface area contributed by atoms with Crippen LogP contribution in [0.4, 0.5) is 10.5 Å².